The Morgan fingerprint density at radius 3 is 1.42 bits per heavy atom. The Kier molecular flexibility index (Phi) is 15.4. The minimum Gasteiger partial charge on any atom is -0.481 e. The molecule has 0 aromatic carbocycles. The first-order valence-corrected chi connectivity index (χ1v) is 14.0. The number of carboxylic acids is 4. The third-order valence-electron chi connectivity index (χ3n) is 8.46. The minimum atomic E-state index is -1.29. The fourth-order valence-electron chi connectivity index (χ4n) is 5.91. The van der Waals surface area contributed by atoms with Gasteiger partial charge in [-0.05, 0) is 49.4 Å². The molecule has 4 N–H and O–H groups in total. The number of unbranched alkanes of at least 4 members (excludes halogenated alkanes) is 8. The second kappa shape index (κ2) is 17.4. The number of carboxylic acid groups (broad SMARTS) is 4. The third-order valence-corrected chi connectivity index (χ3v) is 8.46. The summed E-state index contributed by atoms with van der Waals surface area (Å²) in [6.45, 7) is 4.75. The molecule has 0 amide bonds. The van der Waals surface area contributed by atoms with Crippen LogP contribution < -0.4 is 0 Å². The molecule has 0 aliphatic heterocycles. The van der Waals surface area contributed by atoms with Crippen LogP contribution in [0.5, 0.6) is 0 Å². The Morgan fingerprint density at radius 2 is 0.972 bits per heavy atom. The number of carbonyl (C=O) groups is 4. The van der Waals surface area contributed by atoms with E-state index >= 15 is 0 Å². The van der Waals surface area contributed by atoms with Crippen molar-refractivity contribution in [2.75, 3.05) is 0 Å². The summed E-state index contributed by atoms with van der Waals surface area (Å²) in [7, 11) is 0. The Morgan fingerprint density at radius 1 is 0.583 bits per heavy atom. The fourth-order valence-corrected chi connectivity index (χ4v) is 5.91. The van der Waals surface area contributed by atoms with Crippen molar-refractivity contribution >= 4 is 23.9 Å². The molecule has 8 nitrogen and oxygen atoms in total. The first-order valence-electron chi connectivity index (χ1n) is 14.0. The summed E-state index contributed by atoms with van der Waals surface area (Å²) in [5, 5.41) is 35.8. The normalized spacial score (nSPS) is 22.1. The van der Waals surface area contributed by atoms with Crippen molar-refractivity contribution in [2.45, 2.75) is 117 Å². The van der Waals surface area contributed by atoms with Gasteiger partial charge in [-0.2, -0.15) is 0 Å². The van der Waals surface area contributed by atoms with E-state index in [1.54, 1.807) is 0 Å². The highest BCUT2D eigenvalue weighted by molar-refractivity contribution is 5.93. The molecule has 0 aromatic rings. The van der Waals surface area contributed by atoms with Gasteiger partial charge in [0, 0.05) is 0 Å². The molecule has 0 radical (unpaired) electrons. The molecular formula is C28H48O8. The van der Waals surface area contributed by atoms with Crippen LogP contribution in [0.15, 0.2) is 0 Å². The Labute approximate surface area is 215 Å². The molecule has 0 spiro atoms. The van der Waals surface area contributed by atoms with Crippen molar-refractivity contribution in [3.05, 3.63) is 0 Å². The Balaban J connectivity index is 2.28. The lowest BCUT2D eigenvalue weighted by Gasteiger charge is -2.41. The molecule has 0 aromatic heterocycles. The lowest BCUT2D eigenvalue weighted by molar-refractivity contribution is -0.156. The average Bonchev–Trinajstić information content (AvgIpc) is 2.79. The lowest BCUT2D eigenvalue weighted by atomic mass is 9.65. The smallest absolute Gasteiger partial charge is 0.317 e. The summed E-state index contributed by atoms with van der Waals surface area (Å²) in [6, 6.07) is 0. The van der Waals surface area contributed by atoms with Gasteiger partial charge in [-0.15, -0.1) is 0 Å². The van der Waals surface area contributed by atoms with E-state index < -0.39 is 35.7 Å². The second-order valence-electron chi connectivity index (χ2n) is 11.0. The summed E-state index contributed by atoms with van der Waals surface area (Å²) in [4.78, 5) is 43.8. The maximum absolute atomic E-state index is 11.0. The third kappa shape index (κ3) is 11.7. The van der Waals surface area contributed by atoms with Crippen LogP contribution >= 0.6 is 0 Å². The van der Waals surface area contributed by atoms with Crippen LogP contribution in [0.4, 0.5) is 0 Å². The van der Waals surface area contributed by atoms with E-state index in [0.717, 1.165) is 69.1 Å². The first kappa shape index (κ1) is 31.9. The number of hydrogen-bond donors (Lipinski definition) is 4. The van der Waals surface area contributed by atoms with Gasteiger partial charge in [0.05, 0.1) is 0 Å². The van der Waals surface area contributed by atoms with E-state index in [2.05, 4.69) is 13.8 Å². The van der Waals surface area contributed by atoms with Crippen LogP contribution in [-0.2, 0) is 19.2 Å². The van der Waals surface area contributed by atoms with Crippen LogP contribution in [0.25, 0.3) is 0 Å². The molecule has 1 fully saturated rings. The largest absolute Gasteiger partial charge is 0.481 e. The van der Waals surface area contributed by atoms with Crippen LogP contribution in [0.1, 0.15) is 117 Å². The Bertz CT molecular complexity index is 663. The summed E-state index contributed by atoms with van der Waals surface area (Å²) < 4.78 is 0. The summed E-state index contributed by atoms with van der Waals surface area (Å²) in [6.07, 6.45) is 15.0. The Hall–Kier alpha value is -2.12. The lowest BCUT2D eigenvalue weighted by Crippen LogP contribution is -2.32. The first-order chi connectivity index (χ1) is 17.1. The van der Waals surface area contributed by atoms with Gasteiger partial charge >= 0.3 is 23.9 Å². The van der Waals surface area contributed by atoms with Gasteiger partial charge in [0.15, 0.2) is 11.8 Å². The molecule has 1 rings (SSSR count). The maximum Gasteiger partial charge on any atom is 0.317 e. The molecule has 4 atom stereocenters. The predicted octanol–water partition coefficient (Wildman–Crippen LogP) is 6.32. The predicted molar refractivity (Wildman–Crippen MR) is 137 cm³/mol. The van der Waals surface area contributed by atoms with Gasteiger partial charge in [0.1, 0.15) is 0 Å². The molecule has 0 saturated heterocycles. The molecule has 36 heavy (non-hydrogen) atoms. The van der Waals surface area contributed by atoms with E-state index in [1.165, 1.54) is 25.7 Å². The molecule has 8 heteroatoms. The molecule has 0 bridgehead atoms. The summed E-state index contributed by atoms with van der Waals surface area (Å²) in [5.41, 5.74) is 0. The zero-order valence-electron chi connectivity index (χ0n) is 22.2. The maximum atomic E-state index is 11.0. The summed E-state index contributed by atoms with van der Waals surface area (Å²) in [5.74, 6) is -4.66. The molecule has 1 aliphatic rings. The van der Waals surface area contributed by atoms with Gasteiger partial charge < -0.3 is 20.4 Å². The number of aliphatic carboxylic acids is 4. The van der Waals surface area contributed by atoms with Gasteiger partial charge in [-0.1, -0.05) is 90.9 Å². The van der Waals surface area contributed by atoms with Crippen molar-refractivity contribution in [1.82, 2.24) is 0 Å². The van der Waals surface area contributed by atoms with Crippen LogP contribution in [0.2, 0.25) is 0 Å². The second-order valence-corrected chi connectivity index (χ2v) is 11.0. The molecule has 208 valence electrons. The summed E-state index contributed by atoms with van der Waals surface area (Å²) >= 11 is 0. The van der Waals surface area contributed by atoms with Crippen molar-refractivity contribution < 1.29 is 39.6 Å². The molecule has 0 heterocycles. The van der Waals surface area contributed by atoms with E-state index in [0.29, 0.717) is 18.8 Å². The van der Waals surface area contributed by atoms with Gasteiger partial charge in [-0.25, -0.2) is 0 Å². The standard InChI is InChI=1S/C28H48O8/c1-19-17-18-21(13-9-5-3-7-11-15-23(25(29)30)26(31)32)22(20(19)2)14-10-6-4-8-12-16-24(27(33)34)28(35)36/h19-24H,3-18H2,1-2H3,(H,29,30)(H,31,32)(H,33,34)(H,35,36). The quantitative estimate of drug-likeness (QED) is 0.109. The minimum absolute atomic E-state index is 0.198. The van der Waals surface area contributed by atoms with E-state index in [1.807, 2.05) is 0 Å². The van der Waals surface area contributed by atoms with E-state index in [9.17, 15) is 19.2 Å². The van der Waals surface area contributed by atoms with Crippen molar-refractivity contribution in [2.24, 2.45) is 35.5 Å². The fraction of sp³-hybridized carbons (Fsp3) is 0.857. The number of rotatable bonds is 20. The highest BCUT2D eigenvalue weighted by atomic mass is 16.4. The van der Waals surface area contributed by atoms with Gasteiger partial charge in [-0.3, -0.25) is 19.2 Å². The van der Waals surface area contributed by atoms with Crippen LogP contribution in [-0.4, -0.2) is 44.3 Å². The van der Waals surface area contributed by atoms with Gasteiger partial charge in [0.2, 0.25) is 0 Å². The van der Waals surface area contributed by atoms with Crippen LogP contribution in [0, 0.1) is 35.5 Å². The zero-order chi connectivity index (χ0) is 27.1. The van der Waals surface area contributed by atoms with Gasteiger partial charge in [0.25, 0.3) is 0 Å². The highest BCUT2D eigenvalue weighted by Crippen LogP contribution is 2.43. The number of hydrogen-bond acceptors (Lipinski definition) is 4. The topological polar surface area (TPSA) is 149 Å². The molecular weight excluding hydrogens is 464 g/mol. The average molecular weight is 513 g/mol. The SMILES string of the molecule is CC1CCC(CCCCCCCC(C(=O)O)C(=O)O)C(CCCCCCCC(C(=O)O)C(=O)O)C1C. The molecule has 4 unspecified atom stereocenters. The molecule has 1 aliphatic carbocycles. The monoisotopic (exact) mass is 512 g/mol. The highest BCUT2D eigenvalue weighted by Gasteiger charge is 2.33. The van der Waals surface area contributed by atoms with Crippen molar-refractivity contribution in [3.63, 3.8) is 0 Å². The van der Waals surface area contributed by atoms with Crippen molar-refractivity contribution in [1.29, 1.82) is 0 Å². The van der Waals surface area contributed by atoms with Crippen molar-refractivity contribution in [3.8, 4) is 0 Å². The molecule has 1 saturated carbocycles. The zero-order valence-corrected chi connectivity index (χ0v) is 22.2. The van der Waals surface area contributed by atoms with E-state index in [4.69, 9.17) is 20.4 Å². The van der Waals surface area contributed by atoms with E-state index in [-0.39, 0.29) is 12.8 Å². The van der Waals surface area contributed by atoms with Crippen LogP contribution in [0.3, 0.4) is 0 Å².